The number of aliphatic hydroxyl groups is 1. The summed E-state index contributed by atoms with van der Waals surface area (Å²) in [5.41, 5.74) is 2.20. The van der Waals surface area contributed by atoms with Gasteiger partial charge in [-0.2, -0.15) is 0 Å². The van der Waals surface area contributed by atoms with Crippen molar-refractivity contribution in [2.75, 3.05) is 5.32 Å². The molecule has 0 unspecified atom stereocenters. The molecule has 1 aromatic carbocycles. The van der Waals surface area contributed by atoms with Crippen LogP contribution in [0.25, 0.3) is 22.3 Å². The van der Waals surface area contributed by atoms with E-state index in [1.807, 2.05) is 24.3 Å². The Bertz CT molecular complexity index is 1330. The third-order valence-corrected chi connectivity index (χ3v) is 5.98. The van der Waals surface area contributed by atoms with Crippen LogP contribution >= 0.6 is 0 Å². The van der Waals surface area contributed by atoms with Gasteiger partial charge < -0.3 is 20.3 Å². The Kier molecular flexibility index (Phi) is 3.85. The second kappa shape index (κ2) is 6.24. The highest BCUT2D eigenvalue weighted by molar-refractivity contribution is 6.01. The highest BCUT2D eigenvalue weighted by Gasteiger charge is 2.43. The van der Waals surface area contributed by atoms with Crippen molar-refractivity contribution in [2.24, 2.45) is 0 Å². The van der Waals surface area contributed by atoms with Crippen LogP contribution < -0.4 is 16.2 Å². The fourth-order valence-corrected chi connectivity index (χ4v) is 4.42. The van der Waals surface area contributed by atoms with E-state index in [4.69, 9.17) is 4.98 Å². The lowest BCUT2D eigenvalue weighted by Crippen LogP contribution is -2.50. The summed E-state index contributed by atoms with van der Waals surface area (Å²) in [6, 6.07) is 9.12. The molecule has 8 nitrogen and oxygen atoms in total. The molecule has 2 aromatic heterocycles. The van der Waals surface area contributed by atoms with Crippen LogP contribution in [0.4, 0.5) is 5.69 Å². The monoisotopic (exact) mass is 404 g/mol. The molecule has 3 N–H and O–H groups in total. The highest BCUT2D eigenvalue weighted by atomic mass is 16.3. The molecule has 3 aromatic rings. The zero-order valence-electron chi connectivity index (χ0n) is 16.6. The minimum atomic E-state index is -1.74. The molecular formula is C22H20N4O4. The maximum atomic E-state index is 13.2. The minimum absolute atomic E-state index is 0.0913. The number of hydrogen-bond acceptors (Lipinski definition) is 5. The van der Waals surface area contributed by atoms with Gasteiger partial charge in [-0.1, -0.05) is 13.0 Å². The van der Waals surface area contributed by atoms with E-state index in [2.05, 4.69) is 10.6 Å². The molecule has 5 rings (SSSR count). The lowest BCUT2D eigenvalue weighted by Gasteiger charge is -2.32. The topological polar surface area (TPSA) is 113 Å². The number of benzene rings is 1. The molecule has 0 saturated carbocycles. The quantitative estimate of drug-likeness (QED) is 0.470. The summed E-state index contributed by atoms with van der Waals surface area (Å²) < 4.78 is 1.63. The number of nitrogens with zero attached hydrogens (tertiary/aromatic N) is 2. The number of nitrogens with one attached hydrogen (secondary N) is 2. The third-order valence-electron chi connectivity index (χ3n) is 5.98. The van der Waals surface area contributed by atoms with Crippen LogP contribution in [0.15, 0.2) is 35.1 Å². The fraction of sp³-hybridized carbons (Fsp3) is 0.273. The molecule has 152 valence electrons. The summed E-state index contributed by atoms with van der Waals surface area (Å²) in [7, 11) is 0. The molecule has 0 aliphatic carbocycles. The van der Waals surface area contributed by atoms with Gasteiger partial charge in [-0.25, -0.2) is 4.98 Å². The van der Waals surface area contributed by atoms with Crippen molar-refractivity contribution in [1.82, 2.24) is 14.9 Å². The molecule has 2 aliphatic rings. The second-order valence-electron chi connectivity index (χ2n) is 7.76. The van der Waals surface area contributed by atoms with Gasteiger partial charge in [0.25, 0.3) is 11.5 Å². The molecule has 0 bridgehead atoms. The maximum Gasteiger partial charge on any atom is 0.256 e. The number of hydrogen-bond donors (Lipinski definition) is 3. The van der Waals surface area contributed by atoms with Gasteiger partial charge in [0.05, 0.1) is 29.1 Å². The number of fused-ring (bicyclic) bond motifs is 5. The minimum Gasteiger partial charge on any atom is -0.375 e. The Balaban J connectivity index is 1.75. The molecule has 0 spiro atoms. The van der Waals surface area contributed by atoms with E-state index in [9.17, 15) is 19.5 Å². The maximum absolute atomic E-state index is 13.2. The van der Waals surface area contributed by atoms with Gasteiger partial charge in [0.15, 0.2) is 5.60 Å². The summed E-state index contributed by atoms with van der Waals surface area (Å²) >= 11 is 0. The van der Waals surface area contributed by atoms with Gasteiger partial charge in [-0.05, 0) is 30.7 Å². The van der Waals surface area contributed by atoms with Gasteiger partial charge in [0.1, 0.15) is 0 Å². The average molecular weight is 404 g/mol. The Hall–Kier alpha value is -3.52. The number of pyridine rings is 2. The summed E-state index contributed by atoms with van der Waals surface area (Å²) in [6.45, 7) is 3.59. The van der Waals surface area contributed by atoms with Crippen LogP contribution in [0.3, 0.4) is 0 Å². The SMILES string of the molecule is CC[C@@]1(O)C(=O)NCc2c1cc1n(c2=O)Cc2cc3c(NC(C)=O)cccc3nc2-1. The Morgan fingerprint density at radius 2 is 2.13 bits per heavy atom. The Morgan fingerprint density at radius 1 is 1.33 bits per heavy atom. The van der Waals surface area contributed by atoms with E-state index >= 15 is 0 Å². The van der Waals surface area contributed by atoms with Crippen molar-refractivity contribution in [2.45, 2.75) is 39.0 Å². The molecule has 0 saturated heterocycles. The first kappa shape index (κ1) is 18.5. The van der Waals surface area contributed by atoms with Gasteiger partial charge >= 0.3 is 0 Å². The van der Waals surface area contributed by atoms with Gasteiger partial charge in [-0.3, -0.25) is 14.4 Å². The van der Waals surface area contributed by atoms with E-state index in [0.717, 1.165) is 10.9 Å². The predicted octanol–water partition coefficient (Wildman–Crippen LogP) is 1.61. The molecule has 4 heterocycles. The zero-order chi connectivity index (χ0) is 21.2. The van der Waals surface area contributed by atoms with Crippen molar-refractivity contribution >= 4 is 28.4 Å². The van der Waals surface area contributed by atoms with Crippen LogP contribution in [-0.2, 0) is 28.3 Å². The van der Waals surface area contributed by atoms with Crippen LogP contribution in [0, 0.1) is 0 Å². The zero-order valence-corrected chi connectivity index (χ0v) is 16.6. The van der Waals surface area contributed by atoms with Crippen LogP contribution in [-0.4, -0.2) is 26.5 Å². The Labute approximate surface area is 171 Å². The van der Waals surface area contributed by atoms with E-state index in [-0.39, 0.29) is 24.4 Å². The van der Waals surface area contributed by atoms with Crippen molar-refractivity contribution in [1.29, 1.82) is 0 Å². The van der Waals surface area contributed by atoms with Crippen LogP contribution in [0.5, 0.6) is 0 Å². The number of carbonyl (C=O) groups excluding carboxylic acids is 2. The van der Waals surface area contributed by atoms with Gasteiger partial charge in [-0.15, -0.1) is 0 Å². The van der Waals surface area contributed by atoms with Crippen LogP contribution in [0.2, 0.25) is 0 Å². The first-order valence-corrected chi connectivity index (χ1v) is 9.82. The number of amides is 2. The number of aromatic nitrogens is 2. The van der Waals surface area contributed by atoms with Gasteiger partial charge in [0.2, 0.25) is 5.91 Å². The molecule has 0 radical (unpaired) electrons. The highest BCUT2D eigenvalue weighted by Crippen LogP contribution is 2.38. The lowest BCUT2D eigenvalue weighted by atomic mass is 9.84. The van der Waals surface area contributed by atoms with E-state index in [1.54, 1.807) is 17.6 Å². The first-order chi connectivity index (χ1) is 14.3. The van der Waals surface area contributed by atoms with E-state index in [0.29, 0.717) is 40.3 Å². The van der Waals surface area contributed by atoms with Gasteiger partial charge in [0, 0.05) is 35.5 Å². The standard InChI is InChI=1S/C22H20N4O4/c1-3-22(30)15-8-18-19-12(10-26(18)20(28)14(15)9-23-21(22)29)7-13-16(24-11(2)27)5-4-6-17(13)25-19/h4-8,30H,3,9-10H2,1-2H3,(H,23,29)(H,24,27)/t22-/m0/s1. The predicted molar refractivity (Wildman–Crippen MR) is 111 cm³/mol. The molecular weight excluding hydrogens is 384 g/mol. The summed E-state index contributed by atoms with van der Waals surface area (Å²) in [5, 5.41) is 17.2. The first-order valence-electron chi connectivity index (χ1n) is 9.82. The summed E-state index contributed by atoms with van der Waals surface area (Å²) in [5.74, 6) is -0.669. The smallest absolute Gasteiger partial charge is 0.256 e. The molecule has 8 heteroatoms. The number of rotatable bonds is 2. The van der Waals surface area contributed by atoms with E-state index < -0.39 is 11.5 Å². The van der Waals surface area contributed by atoms with Crippen molar-refractivity contribution in [3.8, 4) is 11.4 Å². The molecule has 30 heavy (non-hydrogen) atoms. The van der Waals surface area contributed by atoms with Crippen molar-refractivity contribution in [3.05, 3.63) is 57.4 Å². The normalized spacial score (nSPS) is 19.1. The molecule has 2 aliphatic heterocycles. The summed E-state index contributed by atoms with van der Waals surface area (Å²) in [4.78, 5) is 41.9. The molecule has 0 fully saturated rings. The number of anilines is 1. The van der Waals surface area contributed by atoms with Crippen molar-refractivity contribution < 1.29 is 14.7 Å². The second-order valence-corrected chi connectivity index (χ2v) is 7.76. The van der Waals surface area contributed by atoms with Crippen LogP contribution in [0.1, 0.15) is 37.0 Å². The lowest BCUT2D eigenvalue weighted by molar-refractivity contribution is -0.142. The number of carbonyl (C=O) groups is 2. The molecule has 1 atom stereocenters. The average Bonchev–Trinajstić information content (AvgIpc) is 3.08. The van der Waals surface area contributed by atoms with Crippen molar-refractivity contribution in [3.63, 3.8) is 0 Å². The Morgan fingerprint density at radius 3 is 2.87 bits per heavy atom. The fourth-order valence-electron chi connectivity index (χ4n) is 4.42. The molecule has 2 amide bonds. The van der Waals surface area contributed by atoms with E-state index in [1.165, 1.54) is 6.92 Å². The third kappa shape index (κ3) is 2.43. The largest absolute Gasteiger partial charge is 0.375 e. The summed E-state index contributed by atoms with van der Waals surface area (Å²) in [6.07, 6.45) is 0.160.